The number of aliphatic hydroxyl groups is 1. The summed E-state index contributed by atoms with van der Waals surface area (Å²) in [4.78, 5) is 0. The first-order valence-electron chi connectivity index (χ1n) is 6.26. The van der Waals surface area contributed by atoms with Gasteiger partial charge in [-0.15, -0.1) is 0 Å². The second-order valence-corrected chi connectivity index (χ2v) is 5.16. The molecule has 0 amide bonds. The SMILES string of the molecule is OC1C=CC=C2OC3C=CC=CC34C=CC=CC214. The molecular formula is C16H14O2. The highest BCUT2D eigenvalue weighted by molar-refractivity contribution is 5.50. The van der Waals surface area contributed by atoms with Gasteiger partial charge in [0.1, 0.15) is 11.9 Å². The van der Waals surface area contributed by atoms with Crippen molar-refractivity contribution in [2.24, 2.45) is 10.8 Å². The van der Waals surface area contributed by atoms with Gasteiger partial charge in [-0.25, -0.2) is 0 Å². The molecule has 0 saturated carbocycles. The summed E-state index contributed by atoms with van der Waals surface area (Å²) in [7, 11) is 0. The summed E-state index contributed by atoms with van der Waals surface area (Å²) in [5.74, 6) is 0.860. The van der Waals surface area contributed by atoms with Crippen molar-refractivity contribution in [1.29, 1.82) is 0 Å². The van der Waals surface area contributed by atoms with E-state index in [0.29, 0.717) is 0 Å². The van der Waals surface area contributed by atoms with E-state index in [1.165, 1.54) is 0 Å². The van der Waals surface area contributed by atoms with E-state index in [1.807, 2.05) is 42.5 Å². The molecule has 1 saturated heterocycles. The van der Waals surface area contributed by atoms with Gasteiger partial charge in [0.2, 0.25) is 0 Å². The zero-order valence-corrected chi connectivity index (χ0v) is 9.86. The van der Waals surface area contributed by atoms with Crippen molar-refractivity contribution in [3.8, 4) is 0 Å². The third kappa shape index (κ3) is 0.908. The van der Waals surface area contributed by atoms with Crippen LogP contribution in [-0.4, -0.2) is 17.3 Å². The zero-order chi connectivity index (χ0) is 12.2. The highest BCUT2D eigenvalue weighted by Gasteiger charge is 2.64. The average Bonchev–Trinajstić information content (AvgIpc) is 2.71. The number of rotatable bonds is 0. The molecule has 2 spiro atoms. The molecule has 1 fully saturated rings. The minimum Gasteiger partial charge on any atom is -0.488 e. The van der Waals surface area contributed by atoms with Crippen molar-refractivity contribution in [1.82, 2.24) is 0 Å². The van der Waals surface area contributed by atoms with Gasteiger partial charge in [0.15, 0.2) is 0 Å². The number of aliphatic hydroxyl groups excluding tert-OH is 1. The van der Waals surface area contributed by atoms with Gasteiger partial charge in [0, 0.05) is 0 Å². The van der Waals surface area contributed by atoms with Crippen molar-refractivity contribution in [2.75, 3.05) is 0 Å². The van der Waals surface area contributed by atoms with Crippen LogP contribution in [0.5, 0.6) is 0 Å². The summed E-state index contributed by atoms with van der Waals surface area (Å²) in [6.07, 6.45) is 21.6. The van der Waals surface area contributed by atoms with E-state index >= 15 is 0 Å². The van der Waals surface area contributed by atoms with Crippen LogP contribution >= 0.6 is 0 Å². The second kappa shape index (κ2) is 3.15. The van der Waals surface area contributed by atoms with Crippen LogP contribution in [0.25, 0.3) is 0 Å². The minimum atomic E-state index is -0.556. The molecule has 1 heterocycles. The van der Waals surface area contributed by atoms with Gasteiger partial charge < -0.3 is 9.84 Å². The Labute approximate surface area is 106 Å². The third-order valence-corrected chi connectivity index (χ3v) is 4.47. The Morgan fingerprint density at radius 1 is 0.944 bits per heavy atom. The number of ether oxygens (including phenoxy) is 1. The Hall–Kier alpha value is -1.80. The molecule has 4 atom stereocenters. The first kappa shape index (κ1) is 10.2. The molecule has 18 heavy (non-hydrogen) atoms. The maximum absolute atomic E-state index is 10.5. The Balaban J connectivity index is 2.02. The van der Waals surface area contributed by atoms with Crippen LogP contribution in [0, 0.1) is 10.8 Å². The fraction of sp³-hybridized carbons (Fsp3) is 0.250. The van der Waals surface area contributed by atoms with Gasteiger partial charge in [0.05, 0.1) is 16.9 Å². The Kier molecular flexibility index (Phi) is 1.78. The quantitative estimate of drug-likeness (QED) is 0.702. The minimum absolute atomic E-state index is 0.0375. The molecule has 2 nitrogen and oxygen atoms in total. The zero-order valence-electron chi connectivity index (χ0n) is 9.86. The van der Waals surface area contributed by atoms with Crippen LogP contribution in [-0.2, 0) is 4.74 Å². The summed E-state index contributed by atoms with van der Waals surface area (Å²) in [5.41, 5.74) is -0.783. The van der Waals surface area contributed by atoms with Crippen LogP contribution < -0.4 is 0 Å². The van der Waals surface area contributed by atoms with E-state index in [1.54, 1.807) is 0 Å². The molecule has 0 radical (unpaired) electrons. The Bertz CT molecular complexity index is 566. The van der Waals surface area contributed by atoms with Crippen molar-refractivity contribution in [3.63, 3.8) is 0 Å². The molecule has 0 aromatic rings. The average molecular weight is 238 g/mol. The van der Waals surface area contributed by atoms with Crippen molar-refractivity contribution in [3.05, 3.63) is 72.6 Å². The largest absolute Gasteiger partial charge is 0.488 e. The topological polar surface area (TPSA) is 29.5 Å². The maximum atomic E-state index is 10.5. The predicted octanol–water partition coefficient (Wildman–Crippen LogP) is 2.42. The standard InChI is InChI=1S/C16H14O2/c17-12-6-5-8-14-16(12)11-4-3-10-15(16)9-2-1-7-13(15)18-14/h1-13,17H. The van der Waals surface area contributed by atoms with E-state index in [0.717, 1.165) is 5.76 Å². The highest BCUT2D eigenvalue weighted by atomic mass is 16.5. The van der Waals surface area contributed by atoms with Gasteiger partial charge in [0.25, 0.3) is 0 Å². The maximum Gasteiger partial charge on any atom is 0.131 e. The molecule has 4 unspecified atom stereocenters. The van der Waals surface area contributed by atoms with Gasteiger partial charge in [-0.1, -0.05) is 54.7 Å². The first-order valence-corrected chi connectivity index (χ1v) is 6.26. The van der Waals surface area contributed by atoms with E-state index in [9.17, 15) is 5.11 Å². The van der Waals surface area contributed by atoms with Gasteiger partial charge in [-0.05, 0) is 12.2 Å². The Morgan fingerprint density at radius 2 is 1.72 bits per heavy atom. The molecule has 0 bridgehead atoms. The van der Waals surface area contributed by atoms with Gasteiger partial charge in [-0.2, -0.15) is 0 Å². The van der Waals surface area contributed by atoms with E-state index in [2.05, 4.69) is 24.3 Å². The molecule has 3 aliphatic carbocycles. The summed E-state index contributed by atoms with van der Waals surface area (Å²) >= 11 is 0. The van der Waals surface area contributed by atoms with Crippen LogP contribution in [0.15, 0.2) is 72.6 Å². The number of hydrogen-bond donors (Lipinski definition) is 1. The lowest BCUT2D eigenvalue weighted by atomic mass is 9.55. The molecule has 0 aromatic carbocycles. The smallest absolute Gasteiger partial charge is 0.131 e. The monoisotopic (exact) mass is 238 g/mol. The second-order valence-electron chi connectivity index (χ2n) is 5.16. The summed E-state index contributed by atoms with van der Waals surface area (Å²) in [5, 5.41) is 10.5. The van der Waals surface area contributed by atoms with Gasteiger partial charge in [-0.3, -0.25) is 0 Å². The van der Waals surface area contributed by atoms with Crippen molar-refractivity contribution >= 4 is 0 Å². The number of hydrogen-bond acceptors (Lipinski definition) is 2. The van der Waals surface area contributed by atoms with Crippen LogP contribution in [0.4, 0.5) is 0 Å². The first-order chi connectivity index (χ1) is 8.80. The molecule has 90 valence electrons. The normalized spacial score (nSPS) is 46.2. The van der Waals surface area contributed by atoms with Crippen LogP contribution in [0.1, 0.15) is 0 Å². The molecule has 1 aliphatic heterocycles. The molecule has 4 aliphatic rings. The third-order valence-electron chi connectivity index (χ3n) is 4.47. The van der Waals surface area contributed by atoms with Crippen molar-refractivity contribution < 1.29 is 9.84 Å². The fourth-order valence-electron chi connectivity index (χ4n) is 3.61. The Morgan fingerprint density at radius 3 is 2.61 bits per heavy atom. The molecule has 2 heteroatoms. The summed E-state index contributed by atoms with van der Waals surface area (Å²) in [6.45, 7) is 0. The van der Waals surface area contributed by atoms with E-state index in [-0.39, 0.29) is 11.5 Å². The summed E-state index contributed by atoms with van der Waals surface area (Å²) < 4.78 is 6.08. The molecule has 4 rings (SSSR count). The number of allylic oxidation sites excluding steroid dienone is 6. The molecule has 1 N–H and O–H groups in total. The van der Waals surface area contributed by atoms with E-state index < -0.39 is 11.5 Å². The fourth-order valence-corrected chi connectivity index (χ4v) is 3.61. The van der Waals surface area contributed by atoms with Gasteiger partial charge >= 0.3 is 0 Å². The van der Waals surface area contributed by atoms with Crippen molar-refractivity contribution in [2.45, 2.75) is 12.2 Å². The molecular weight excluding hydrogens is 224 g/mol. The van der Waals surface area contributed by atoms with E-state index in [4.69, 9.17) is 4.74 Å². The van der Waals surface area contributed by atoms with Crippen LogP contribution in [0.2, 0.25) is 0 Å². The molecule has 0 aromatic heterocycles. The lowest BCUT2D eigenvalue weighted by Gasteiger charge is -2.45. The lowest BCUT2D eigenvalue weighted by Crippen LogP contribution is -2.49. The summed E-state index contributed by atoms with van der Waals surface area (Å²) in [6, 6.07) is 0. The highest BCUT2D eigenvalue weighted by Crippen LogP contribution is 2.63. The predicted molar refractivity (Wildman–Crippen MR) is 69.5 cm³/mol. The lowest BCUT2D eigenvalue weighted by molar-refractivity contribution is 0.0737. The van der Waals surface area contributed by atoms with Crippen LogP contribution in [0.3, 0.4) is 0 Å².